The number of carboxylic acid groups (broad SMARTS) is 1. The first-order valence-electron chi connectivity index (χ1n) is 5.94. The molecular formula is C14H18O3S. The van der Waals surface area contributed by atoms with Crippen molar-refractivity contribution in [3.63, 3.8) is 0 Å². The summed E-state index contributed by atoms with van der Waals surface area (Å²) in [5.74, 6) is 1.96. The lowest BCUT2D eigenvalue weighted by molar-refractivity contribution is -0.131. The number of thioether (sulfide) groups is 1. The molecule has 0 aliphatic rings. The minimum Gasteiger partial charge on any atom is -0.493 e. The van der Waals surface area contributed by atoms with Crippen LogP contribution in [-0.4, -0.2) is 29.2 Å². The Labute approximate surface area is 112 Å². The molecule has 0 aliphatic heterocycles. The Kier molecular flexibility index (Phi) is 7.03. The number of hydrogen-bond donors (Lipinski definition) is 1. The fourth-order valence-corrected chi connectivity index (χ4v) is 2.03. The topological polar surface area (TPSA) is 46.5 Å². The molecule has 98 valence electrons. The molecule has 0 fully saturated rings. The first-order valence-corrected chi connectivity index (χ1v) is 7.09. The molecule has 0 amide bonds. The predicted molar refractivity (Wildman–Crippen MR) is 76.2 cm³/mol. The van der Waals surface area contributed by atoms with Gasteiger partial charge in [-0.05, 0) is 35.9 Å². The average Bonchev–Trinajstić information content (AvgIpc) is 2.37. The van der Waals surface area contributed by atoms with Crippen molar-refractivity contribution in [3.05, 3.63) is 35.9 Å². The molecule has 0 atom stereocenters. The van der Waals surface area contributed by atoms with Gasteiger partial charge in [0.1, 0.15) is 5.75 Å². The first kappa shape index (κ1) is 14.6. The van der Waals surface area contributed by atoms with Crippen LogP contribution in [0, 0.1) is 0 Å². The first-order chi connectivity index (χ1) is 8.72. The molecule has 0 radical (unpaired) electrons. The molecule has 1 aromatic carbocycles. The number of rotatable bonds is 8. The summed E-state index contributed by atoms with van der Waals surface area (Å²) in [7, 11) is 0. The van der Waals surface area contributed by atoms with Crippen LogP contribution in [-0.2, 0) is 4.79 Å². The van der Waals surface area contributed by atoms with Gasteiger partial charge in [-0.3, -0.25) is 0 Å². The average molecular weight is 266 g/mol. The van der Waals surface area contributed by atoms with E-state index in [-0.39, 0.29) is 0 Å². The number of benzene rings is 1. The molecule has 0 aromatic heterocycles. The van der Waals surface area contributed by atoms with Crippen LogP contribution in [0.3, 0.4) is 0 Å². The monoisotopic (exact) mass is 266 g/mol. The van der Waals surface area contributed by atoms with E-state index in [1.165, 1.54) is 6.42 Å². The molecule has 0 aliphatic carbocycles. The van der Waals surface area contributed by atoms with Crippen molar-refractivity contribution < 1.29 is 14.6 Å². The van der Waals surface area contributed by atoms with Crippen molar-refractivity contribution in [2.24, 2.45) is 0 Å². The highest BCUT2D eigenvalue weighted by Gasteiger charge is 1.96. The molecule has 18 heavy (non-hydrogen) atoms. The Hall–Kier alpha value is -1.42. The van der Waals surface area contributed by atoms with Gasteiger partial charge in [-0.25, -0.2) is 4.79 Å². The highest BCUT2D eigenvalue weighted by atomic mass is 32.2. The quantitative estimate of drug-likeness (QED) is 0.579. The lowest BCUT2D eigenvalue weighted by atomic mass is 10.2. The lowest BCUT2D eigenvalue weighted by Gasteiger charge is -2.06. The second kappa shape index (κ2) is 8.64. The zero-order chi connectivity index (χ0) is 13.2. The highest BCUT2D eigenvalue weighted by molar-refractivity contribution is 7.99. The van der Waals surface area contributed by atoms with Gasteiger partial charge in [-0.1, -0.05) is 19.1 Å². The highest BCUT2D eigenvalue weighted by Crippen LogP contribution is 2.15. The van der Waals surface area contributed by atoms with Gasteiger partial charge in [0, 0.05) is 11.8 Å². The van der Waals surface area contributed by atoms with Gasteiger partial charge in [0.05, 0.1) is 6.61 Å². The van der Waals surface area contributed by atoms with E-state index < -0.39 is 5.97 Å². The van der Waals surface area contributed by atoms with E-state index in [0.29, 0.717) is 6.61 Å². The predicted octanol–water partition coefficient (Wildman–Crippen LogP) is 3.31. The molecule has 0 spiro atoms. The third kappa shape index (κ3) is 6.35. The van der Waals surface area contributed by atoms with E-state index in [2.05, 4.69) is 6.92 Å². The van der Waals surface area contributed by atoms with Gasteiger partial charge >= 0.3 is 5.97 Å². The van der Waals surface area contributed by atoms with Crippen molar-refractivity contribution >= 4 is 23.8 Å². The van der Waals surface area contributed by atoms with Crippen LogP contribution in [0.5, 0.6) is 5.75 Å². The van der Waals surface area contributed by atoms with E-state index >= 15 is 0 Å². The molecule has 1 N–H and O–H groups in total. The summed E-state index contributed by atoms with van der Waals surface area (Å²) >= 11 is 1.87. The van der Waals surface area contributed by atoms with E-state index in [1.807, 2.05) is 36.0 Å². The molecule has 0 saturated carbocycles. The summed E-state index contributed by atoms with van der Waals surface area (Å²) in [6.07, 6.45) is 3.86. The molecule has 4 heteroatoms. The summed E-state index contributed by atoms with van der Waals surface area (Å²) in [5.41, 5.74) is 0.830. The third-order valence-corrected chi connectivity index (χ3v) is 3.27. The van der Waals surface area contributed by atoms with Crippen molar-refractivity contribution in [3.8, 4) is 5.75 Å². The van der Waals surface area contributed by atoms with Gasteiger partial charge in [0.2, 0.25) is 0 Å². The second-order valence-electron chi connectivity index (χ2n) is 3.70. The second-order valence-corrected chi connectivity index (χ2v) is 4.93. The minimum absolute atomic E-state index is 0.677. The van der Waals surface area contributed by atoms with Gasteiger partial charge < -0.3 is 9.84 Å². The summed E-state index contributed by atoms with van der Waals surface area (Å²) in [4.78, 5) is 10.4. The van der Waals surface area contributed by atoms with Gasteiger partial charge in [-0.2, -0.15) is 11.8 Å². The minimum atomic E-state index is -0.947. The van der Waals surface area contributed by atoms with Crippen LogP contribution in [0.15, 0.2) is 30.3 Å². The largest absolute Gasteiger partial charge is 0.493 e. The Morgan fingerprint density at radius 3 is 3.00 bits per heavy atom. The van der Waals surface area contributed by atoms with Crippen molar-refractivity contribution in [1.82, 2.24) is 0 Å². The van der Waals surface area contributed by atoms with Crippen molar-refractivity contribution in [1.29, 1.82) is 0 Å². The summed E-state index contributed by atoms with van der Waals surface area (Å²) < 4.78 is 5.60. The van der Waals surface area contributed by atoms with E-state index in [0.717, 1.165) is 28.9 Å². The zero-order valence-electron chi connectivity index (χ0n) is 10.5. The summed E-state index contributed by atoms with van der Waals surface area (Å²) in [6.45, 7) is 2.84. The van der Waals surface area contributed by atoms with Gasteiger partial charge in [-0.15, -0.1) is 0 Å². The number of hydrogen-bond acceptors (Lipinski definition) is 3. The van der Waals surface area contributed by atoms with Crippen LogP contribution >= 0.6 is 11.8 Å². The number of carbonyl (C=O) groups is 1. The smallest absolute Gasteiger partial charge is 0.328 e. The molecule has 1 rings (SSSR count). The zero-order valence-corrected chi connectivity index (χ0v) is 11.3. The summed E-state index contributed by atoms with van der Waals surface area (Å²) in [5, 5.41) is 8.55. The normalized spacial score (nSPS) is 10.7. The van der Waals surface area contributed by atoms with Gasteiger partial charge in [0.15, 0.2) is 0 Å². The van der Waals surface area contributed by atoms with Crippen LogP contribution in [0.4, 0.5) is 0 Å². The molecule has 0 unspecified atom stereocenters. The third-order valence-electron chi connectivity index (χ3n) is 2.12. The van der Waals surface area contributed by atoms with E-state index in [1.54, 1.807) is 6.08 Å². The number of ether oxygens (including phenoxy) is 1. The molecule has 1 aromatic rings. The maximum Gasteiger partial charge on any atom is 0.328 e. The van der Waals surface area contributed by atoms with Crippen LogP contribution in [0.2, 0.25) is 0 Å². The molecular weight excluding hydrogens is 248 g/mol. The van der Waals surface area contributed by atoms with Gasteiger partial charge in [0.25, 0.3) is 0 Å². The Morgan fingerprint density at radius 2 is 2.28 bits per heavy atom. The fourth-order valence-electron chi connectivity index (χ4n) is 1.34. The SMILES string of the molecule is CCCSCCOc1cccc(/C=C/C(=O)O)c1. The van der Waals surface area contributed by atoms with Crippen LogP contribution in [0.1, 0.15) is 18.9 Å². The maximum absolute atomic E-state index is 10.4. The molecule has 0 heterocycles. The standard InChI is InChI=1S/C14H18O3S/c1-2-9-18-10-8-17-13-5-3-4-12(11-13)6-7-14(15)16/h3-7,11H,2,8-10H2,1H3,(H,15,16)/b7-6+. The number of carboxylic acids is 1. The number of aliphatic carboxylic acids is 1. The molecule has 0 saturated heterocycles. The van der Waals surface area contributed by atoms with Crippen molar-refractivity contribution in [2.45, 2.75) is 13.3 Å². The Balaban J connectivity index is 2.42. The molecule has 0 bridgehead atoms. The maximum atomic E-state index is 10.4. The van der Waals surface area contributed by atoms with E-state index in [4.69, 9.17) is 9.84 Å². The Bertz CT molecular complexity index is 402. The summed E-state index contributed by atoms with van der Waals surface area (Å²) in [6, 6.07) is 7.42. The fraction of sp³-hybridized carbons (Fsp3) is 0.357. The Morgan fingerprint density at radius 1 is 1.44 bits per heavy atom. The molecule has 3 nitrogen and oxygen atoms in total. The lowest BCUT2D eigenvalue weighted by Crippen LogP contribution is -2.00. The van der Waals surface area contributed by atoms with Crippen LogP contribution in [0.25, 0.3) is 6.08 Å². The van der Waals surface area contributed by atoms with Crippen LogP contribution < -0.4 is 4.74 Å². The van der Waals surface area contributed by atoms with E-state index in [9.17, 15) is 4.79 Å². The van der Waals surface area contributed by atoms with Crippen molar-refractivity contribution in [2.75, 3.05) is 18.1 Å².